The second-order valence-corrected chi connectivity index (χ2v) is 4.95. The zero-order valence-corrected chi connectivity index (χ0v) is 8.89. The van der Waals surface area contributed by atoms with E-state index in [1.165, 1.54) is 12.1 Å². The summed E-state index contributed by atoms with van der Waals surface area (Å²) in [6.07, 6.45) is 3.29. The fraction of sp³-hybridized carbons (Fsp3) is 1.00. The first-order chi connectivity index (χ1) is 5.90. The molecule has 0 unspecified atom stereocenters. The molecular weight excluding hydrogens is 168 g/mol. The Balaban J connectivity index is 2.78. The maximum atomic E-state index is 10.3. The van der Waals surface area contributed by atoms with E-state index in [4.69, 9.17) is 4.94 Å². The highest BCUT2D eigenvalue weighted by molar-refractivity contribution is 4.92. The summed E-state index contributed by atoms with van der Waals surface area (Å²) in [5.41, 5.74) is 1.38. The number of hydroxylamine groups is 2. The molecule has 0 aromatic carbocycles. The molecule has 0 amide bonds. The topological polar surface area (TPSA) is 44.4 Å². The summed E-state index contributed by atoms with van der Waals surface area (Å²) in [5.74, 6) is 0. The average molecular weight is 187 g/mol. The molecule has 0 aromatic heterocycles. The van der Waals surface area contributed by atoms with Gasteiger partial charge in [0.05, 0.1) is 0 Å². The monoisotopic (exact) mass is 187 g/mol. The van der Waals surface area contributed by atoms with Gasteiger partial charge in [-0.25, -0.2) is 0 Å². The normalized spacial score (nSPS) is 27.5. The lowest BCUT2D eigenvalue weighted by molar-refractivity contribution is -0.375. The summed E-state index contributed by atoms with van der Waals surface area (Å²) in [7, 11) is 0. The molecular formula is C9H19N2O2. The highest BCUT2D eigenvalue weighted by Gasteiger charge is 2.42. The maximum absolute atomic E-state index is 10.3. The molecule has 13 heavy (non-hydrogen) atoms. The highest BCUT2D eigenvalue weighted by Crippen LogP contribution is 2.37. The van der Waals surface area contributed by atoms with Crippen LogP contribution in [-0.2, 0) is 10.1 Å². The Bertz CT molecular complexity index is 164. The third-order valence-corrected chi connectivity index (χ3v) is 2.81. The molecule has 0 aliphatic carbocycles. The van der Waals surface area contributed by atoms with E-state index < -0.39 is 0 Å². The van der Waals surface area contributed by atoms with E-state index in [0.29, 0.717) is 0 Å². The lowest BCUT2D eigenvalue weighted by atomic mass is 9.82. The lowest BCUT2D eigenvalue weighted by Gasteiger charge is -2.49. The van der Waals surface area contributed by atoms with Gasteiger partial charge in [-0.1, -0.05) is 5.21 Å². The van der Waals surface area contributed by atoms with Crippen LogP contribution in [0.25, 0.3) is 0 Å². The zero-order valence-electron chi connectivity index (χ0n) is 8.89. The summed E-state index contributed by atoms with van der Waals surface area (Å²) in [6, 6.07) is 0. The van der Waals surface area contributed by atoms with E-state index in [1.807, 2.05) is 0 Å². The van der Waals surface area contributed by atoms with E-state index >= 15 is 0 Å². The fourth-order valence-electron chi connectivity index (χ4n) is 2.26. The maximum Gasteiger partial charge on any atom is 0.0432 e. The third kappa shape index (κ3) is 2.20. The minimum atomic E-state index is -0.0703. The van der Waals surface area contributed by atoms with Crippen molar-refractivity contribution in [2.24, 2.45) is 0 Å². The summed E-state index contributed by atoms with van der Waals surface area (Å²) in [6.45, 7) is 8.35. The number of nitrogens with one attached hydrogen (secondary N) is 1. The van der Waals surface area contributed by atoms with Crippen molar-refractivity contribution in [2.75, 3.05) is 0 Å². The molecule has 1 rings (SSSR count). The first-order valence-electron chi connectivity index (χ1n) is 4.75. The van der Waals surface area contributed by atoms with Gasteiger partial charge in [0.25, 0.3) is 0 Å². The van der Waals surface area contributed by atoms with Crippen LogP contribution in [0.4, 0.5) is 0 Å². The van der Waals surface area contributed by atoms with E-state index in [-0.39, 0.29) is 11.1 Å². The largest absolute Gasteiger partial charge is 0.182 e. The molecule has 77 valence electrons. The predicted octanol–water partition coefficient (Wildman–Crippen LogP) is 1.81. The lowest BCUT2D eigenvalue weighted by Crippen LogP contribution is -2.59. The Morgan fingerprint density at radius 3 is 2.00 bits per heavy atom. The zero-order chi connectivity index (χ0) is 10.1. The van der Waals surface area contributed by atoms with Crippen LogP contribution in [0.3, 0.4) is 0 Å². The van der Waals surface area contributed by atoms with E-state index in [2.05, 4.69) is 27.7 Å². The molecule has 1 heterocycles. The van der Waals surface area contributed by atoms with Crippen molar-refractivity contribution in [2.45, 2.75) is 58.0 Å². The molecule has 0 atom stereocenters. The average Bonchev–Trinajstić information content (AvgIpc) is 1.96. The van der Waals surface area contributed by atoms with Gasteiger partial charge in [-0.3, -0.25) is 0 Å². The molecule has 1 aliphatic rings. The van der Waals surface area contributed by atoms with Crippen LogP contribution in [0.1, 0.15) is 47.0 Å². The Kier molecular flexibility index (Phi) is 2.97. The van der Waals surface area contributed by atoms with Crippen molar-refractivity contribution in [1.29, 1.82) is 0 Å². The molecule has 1 aliphatic heterocycles. The Morgan fingerprint density at radius 1 is 1.15 bits per heavy atom. The van der Waals surface area contributed by atoms with Gasteiger partial charge in [-0.05, 0) is 52.6 Å². The van der Waals surface area contributed by atoms with Crippen molar-refractivity contribution in [3.8, 4) is 0 Å². The summed E-state index contributed by atoms with van der Waals surface area (Å²) in [4.78, 5) is 4.94. The number of hydrogen-bond donors (Lipinski definition) is 1. The first-order valence-corrected chi connectivity index (χ1v) is 4.75. The number of hydrogen-bond acceptors (Lipinski definition) is 3. The Hall–Kier alpha value is -0.160. The van der Waals surface area contributed by atoms with Crippen LogP contribution < -0.4 is 5.64 Å². The van der Waals surface area contributed by atoms with Crippen molar-refractivity contribution in [1.82, 2.24) is 10.7 Å². The van der Waals surface area contributed by atoms with Gasteiger partial charge in [0, 0.05) is 11.1 Å². The van der Waals surface area contributed by atoms with E-state index in [0.717, 1.165) is 12.8 Å². The number of piperidine rings is 1. The Labute approximate surface area is 79.7 Å². The van der Waals surface area contributed by atoms with Gasteiger partial charge >= 0.3 is 0 Å². The molecule has 0 aromatic rings. The standard InChI is InChI=1S/C9H19N2O2/c1-8(2)6-5-7-9(3,4)11(8)13-10-12/h10H,5-7H2,1-4H3. The van der Waals surface area contributed by atoms with Gasteiger partial charge in [0.15, 0.2) is 0 Å². The third-order valence-electron chi connectivity index (χ3n) is 2.81. The number of rotatable bonds is 2. The van der Waals surface area contributed by atoms with Crippen LogP contribution in [0, 0.1) is 0 Å². The van der Waals surface area contributed by atoms with Gasteiger partial charge in [-0.2, -0.15) is 10.0 Å². The predicted molar refractivity (Wildman–Crippen MR) is 48.8 cm³/mol. The second kappa shape index (κ2) is 3.53. The van der Waals surface area contributed by atoms with E-state index in [9.17, 15) is 5.21 Å². The molecule has 0 spiro atoms. The minimum Gasteiger partial charge on any atom is -0.182 e. The van der Waals surface area contributed by atoms with Gasteiger partial charge in [0.1, 0.15) is 0 Å². The summed E-state index contributed by atoms with van der Waals surface area (Å²) in [5, 5.41) is 12.0. The SMILES string of the molecule is CC1(C)CCCC(C)(C)N1ON[O]. The quantitative estimate of drug-likeness (QED) is 0.670. The van der Waals surface area contributed by atoms with Crippen molar-refractivity contribution in [3.63, 3.8) is 0 Å². The summed E-state index contributed by atoms with van der Waals surface area (Å²) < 4.78 is 0. The van der Waals surface area contributed by atoms with Crippen LogP contribution in [0.5, 0.6) is 0 Å². The first kappa shape index (κ1) is 10.9. The van der Waals surface area contributed by atoms with Crippen molar-refractivity contribution < 1.29 is 10.1 Å². The molecule has 4 nitrogen and oxygen atoms in total. The minimum absolute atomic E-state index is 0.0703. The Morgan fingerprint density at radius 2 is 1.62 bits per heavy atom. The molecule has 1 radical (unpaired) electrons. The van der Waals surface area contributed by atoms with Crippen LogP contribution in [0.15, 0.2) is 0 Å². The van der Waals surface area contributed by atoms with Crippen molar-refractivity contribution >= 4 is 0 Å². The number of nitrogens with zero attached hydrogens (tertiary/aromatic N) is 1. The molecule has 1 N–H and O–H groups in total. The molecule has 0 saturated carbocycles. The van der Waals surface area contributed by atoms with E-state index in [1.54, 1.807) is 5.06 Å². The fourth-order valence-corrected chi connectivity index (χ4v) is 2.26. The smallest absolute Gasteiger partial charge is 0.0432 e. The van der Waals surface area contributed by atoms with Crippen LogP contribution in [0.2, 0.25) is 0 Å². The second-order valence-electron chi connectivity index (χ2n) is 4.95. The highest BCUT2D eigenvalue weighted by atomic mass is 16.9. The van der Waals surface area contributed by atoms with Crippen LogP contribution >= 0.6 is 0 Å². The van der Waals surface area contributed by atoms with Crippen LogP contribution in [-0.4, -0.2) is 16.1 Å². The van der Waals surface area contributed by atoms with Gasteiger partial charge in [-0.15, -0.1) is 0 Å². The molecule has 1 saturated heterocycles. The molecule has 4 heteroatoms. The summed E-state index contributed by atoms with van der Waals surface area (Å²) >= 11 is 0. The van der Waals surface area contributed by atoms with Gasteiger partial charge < -0.3 is 0 Å². The van der Waals surface area contributed by atoms with Gasteiger partial charge in [0.2, 0.25) is 0 Å². The molecule has 1 fully saturated rings. The van der Waals surface area contributed by atoms with Crippen molar-refractivity contribution in [3.05, 3.63) is 0 Å². The molecule has 0 bridgehead atoms.